The quantitative estimate of drug-likeness (QED) is 0.622. The maximum atomic E-state index is 7.43. The Hall–Kier alpha value is -2.11. The minimum absolute atomic E-state index is 0.00392. The first-order chi connectivity index (χ1) is 8.50. The molecule has 2 aromatic heterocycles. The molecule has 0 aromatic carbocycles. The number of hydrogen-bond donors (Lipinski definition) is 2. The highest BCUT2D eigenvalue weighted by molar-refractivity contribution is 5.86. The Balaban J connectivity index is 2.33. The van der Waals surface area contributed by atoms with Gasteiger partial charge in [-0.25, -0.2) is 9.97 Å². The first-order valence-electron chi connectivity index (χ1n) is 5.81. The summed E-state index contributed by atoms with van der Waals surface area (Å²) < 4.78 is 1.96. The number of amidine groups is 1. The van der Waals surface area contributed by atoms with Crippen molar-refractivity contribution in [2.24, 2.45) is 18.7 Å². The van der Waals surface area contributed by atoms with Crippen LogP contribution < -0.4 is 10.6 Å². The molecule has 2 aromatic rings. The fraction of sp³-hybridized carbons (Fsp3) is 0.417. The van der Waals surface area contributed by atoms with E-state index in [-0.39, 0.29) is 11.8 Å². The Morgan fingerprint density at radius 1 is 1.56 bits per heavy atom. The van der Waals surface area contributed by atoms with E-state index < -0.39 is 0 Å². The minimum Gasteiger partial charge on any atom is -0.387 e. The second-order valence-corrected chi connectivity index (χ2v) is 4.59. The lowest BCUT2D eigenvalue weighted by atomic mass is 10.1. The molecule has 0 fully saturated rings. The highest BCUT2D eigenvalue weighted by Crippen LogP contribution is 2.22. The highest BCUT2D eigenvalue weighted by atomic mass is 15.2. The van der Waals surface area contributed by atoms with Gasteiger partial charge in [0.2, 0.25) is 0 Å². The van der Waals surface area contributed by atoms with Gasteiger partial charge in [-0.1, -0.05) is 6.92 Å². The highest BCUT2D eigenvalue weighted by Gasteiger charge is 2.14. The van der Waals surface area contributed by atoms with Gasteiger partial charge in [0.1, 0.15) is 5.52 Å². The molecule has 2 rings (SSSR count). The molecule has 0 aliphatic carbocycles. The smallest absolute Gasteiger partial charge is 0.156 e. The van der Waals surface area contributed by atoms with Crippen LogP contribution in [0.1, 0.15) is 6.92 Å². The molecule has 0 amide bonds. The molecular formula is C12H18N6. The third-order valence-corrected chi connectivity index (χ3v) is 3.06. The maximum Gasteiger partial charge on any atom is 0.156 e. The molecule has 0 bridgehead atoms. The number of nitrogens with one attached hydrogen (secondary N) is 1. The van der Waals surface area contributed by atoms with Crippen molar-refractivity contribution in [1.29, 1.82) is 5.41 Å². The van der Waals surface area contributed by atoms with E-state index in [1.165, 1.54) is 0 Å². The molecule has 96 valence electrons. The van der Waals surface area contributed by atoms with Crippen molar-refractivity contribution in [2.75, 3.05) is 18.5 Å². The van der Waals surface area contributed by atoms with Gasteiger partial charge >= 0.3 is 0 Å². The van der Waals surface area contributed by atoms with Crippen LogP contribution in [0.4, 0.5) is 5.82 Å². The molecule has 0 saturated heterocycles. The topological polar surface area (TPSA) is 83.8 Å². The number of imidazole rings is 1. The molecular weight excluding hydrogens is 228 g/mol. The van der Waals surface area contributed by atoms with Gasteiger partial charge in [0.15, 0.2) is 5.82 Å². The van der Waals surface area contributed by atoms with Gasteiger partial charge in [0, 0.05) is 32.8 Å². The fourth-order valence-corrected chi connectivity index (χ4v) is 1.92. The van der Waals surface area contributed by atoms with Crippen molar-refractivity contribution in [1.82, 2.24) is 14.5 Å². The molecule has 3 N–H and O–H groups in total. The van der Waals surface area contributed by atoms with Crippen molar-refractivity contribution < 1.29 is 0 Å². The number of fused-ring (bicyclic) bond motifs is 1. The lowest BCUT2D eigenvalue weighted by Gasteiger charge is -2.21. The predicted octanol–water partition coefficient (Wildman–Crippen LogP) is 0.977. The van der Waals surface area contributed by atoms with Crippen molar-refractivity contribution >= 4 is 22.7 Å². The zero-order valence-electron chi connectivity index (χ0n) is 10.9. The Bertz CT molecular complexity index is 573. The summed E-state index contributed by atoms with van der Waals surface area (Å²) in [7, 11) is 3.90. The summed E-state index contributed by atoms with van der Waals surface area (Å²) in [5, 5.41) is 7.43. The third kappa shape index (κ3) is 2.13. The Morgan fingerprint density at radius 3 is 2.94 bits per heavy atom. The number of nitrogens with zero attached hydrogens (tertiary/aromatic N) is 4. The summed E-state index contributed by atoms with van der Waals surface area (Å²) in [6.07, 6.45) is 3.55. The molecule has 0 aliphatic heterocycles. The van der Waals surface area contributed by atoms with Crippen molar-refractivity contribution in [2.45, 2.75) is 6.92 Å². The van der Waals surface area contributed by atoms with Gasteiger partial charge in [-0.3, -0.25) is 5.41 Å². The van der Waals surface area contributed by atoms with Crippen LogP contribution in [-0.4, -0.2) is 34.0 Å². The van der Waals surface area contributed by atoms with Crippen molar-refractivity contribution in [3.63, 3.8) is 0 Å². The average molecular weight is 246 g/mol. The Morgan fingerprint density at radius 2 is 2.28 bits per heavy atom. The first-order valence-corrected chi connectivity index (χ1v) is 5.81. The number of aromatic nitrogens is 3. The molecule has 0 radical (unpaired) electrons. The van der Waals surface area contributed by atoms with Crippen LogP contribution in [0.5, 0.6) is 0 Å². The number of nitrogens with two attached hydrogens (primary N) is 1. The summed E-state index contributed by atoms with van der Waals surface area (Å²) in [5.41, 5.74) is 7.41. The summed E-state index contributed by atoms with van der Waals surface area (Å²) in [4.78, 5) is 10.7. The van der Waals surface area contributed by atoms with E-state index in [2.05, 4.69) is 9.97 Å². The Labute approximate surface area is 106 Å². The van der Waals surface area contributed by atoms with E-state index >= 15 is 0 Å². The van der Waals surface area contributed by atoms with Crippen molar-refractivity contribution in [3.8, 4) is 0 Å². The molecule has 6 nitrogen and oxygen atoms in total. The fourth-order valence-electron chi connectivity index (χ4n) is 1.92. The zero-order valence-corrected chi connectivity index (χ0v) is 10.9. The normalized spacial score (nSPS) is 12.6. The van der Waals surface area contributed by atoms with Gasteiger partial charge in [-0.05, 0) is 6.07 Å². The van der Waals surface area contributed by atoms with Crippen LogP contribution in [0.3, 0.4) is 0 Å². The van der Waals surface area contributed by atoms with Crippen LogP contribution in [0.15, 0.2) is 18.6 Å². The Kier molecular flexibility index (Phi) is 3.18. The zero-order chi connectivity index (χ0) is 13.3. The van der Waals surface area contributed by atoms with Gasteiger partial charge < -0.3 is 15.2 Å². The van der Waals surface area contributed by atoms with E-state index in [1.807, 2.05) is 36.6 Å². The molecule has 0 aliphatic rings. The third-order valence-electron chi connectivity index (χ3n) is 3.06. The second-order valence-electron chi connectivity index (χ2n) is 4.59. The van der Waals surface area contributed by atoms with E-state index in [1.54, 1.807) is 12.5 Å². The van der Waals surface area contributed by atoms with E-state index in [4.69, 9.17) is 11.1 Å². The maximum absolute atomic E-state index is 7.43. The number of rotatable bonds is 4. The summed E-state index contributed by atoms with van der Waals surface area (Å²) in [5.74, 6) is 1.01. The number of pyridine rings is 1. The van der Waals surface area contributed by atoms with Crippen LogP contribution in [0, 0.1) is 11.3 Å². The molecule has 0 saturated carbocycles. The number of hydrogen-bond acceptors (Lipinski definition) is 4. The van der Waals surface area contributed by atoms with Crippen LogP contribution in [0.2, 0.25) is 0 Å². The first kappa shape index (κ1) is 12.3. The van der Waals surface area contributed by atoms with Crippen molar-refractivity contribution in [3.05, 3.63) is 18.6 Å². The molecule has 6 heteroatoms. The monoisotopic (exact) mass is 246 g/mol. The number of anilines is 1. The summed E-state index contributed by atoms with van der Waals surface area (Å²) in [6, 6.07) is 1.94. The average Bonchev–Trinajstić information content (AvgIpc) is 2.71. The minimum atomic E-state index is -0.00392. The van der Waals surface area contributed by atoms with Crippen LogP contribution in [0.25, 0.3) is 11.0 Å². The van der Waals surface area contributed by atoms with Gasteiger partial charge in [-0.15, -0.1) is 0 Å². The second kappa shape index (κ2) is 4.64. The van der Waals surface area contributed by atoms with E-state index in [0.717, 1.165) is 16.9 Å². The lowest BCUT2D eigenvalue weighted by molar-refractivity contribution is 0.724. The molecule has 1 unspecified atom stereocenters. The lowest BCUT2D eigenvalue weighted by Crippen LogP contribution is -2.32. The van der Waals surface area contributed by atoms with Gasteiger partial charge in [0.25, 0.3) is 0 Å². The molecule has 0 spiro atoms. The van der Waals surface area contributed by atoms with Gasteiger partial charge in [-0.2, -0.15) is 0 Å². The van der Waals surface area contributed by atoms with Crippen LogP contribution >= 0.6 is 0 Å². The molecule has 18 heavy (non-hydrogen) atoms. The molecule has 1 atom stereocenters. The standard InChI is InChI=1S/C12H18N6/c1-8(11(13)14)6-17(2)12-10-9(4-5-15-12)18(3)7-16-10/h4-5,7-8H,6H2,1-3H3,(H3,13,14). The van der Waals surface area contributed by atoms with E-state index in [9.17, 15) is 0 Å². The number of aryl methyl sites for hydroxylation is 1. The summed E-state index contributed by atoms with van der Waals surface area (Å²) >= 11 is 0. The van der Waals surface area contributed by atoms with Crippen LogP contribution in [-0.2, 0) is 7.05 Å². The largest absolute Gasteiger partial charge is 0.387 e. The predicted molar refractivity (Wildman–Crippen MR) is 72.9 cm³/mol. The molecule has 2 heterocycles. The van der Waals surface area contributed by atoms with E-state index in [0.29, 0.717) is 6.54 Å². The summed E-state index contributed by atoms with van der Waals surface area (Å²) in [6.45, 7) is 2.58. The van der Waals surface area contributed by atoms with Gasteiger partial charge in [0.05, 0.1) is 17.7 Å². The SMILES string of the molecule is CC(CN(C)c1nccc2c1ncn2C)C(=N)N.